The van der Waals surface area contributed by atoms with Crippen LogP contribution in [0, 0.1) is 5.92 Å². The van der Waals surface area contributed by atoms with Gasteiger partial charge in [-0.15, -0.1) is 0 Å². The highest BCUT2D eigenvalue weighted by Gasteiger charge is 2.39. The van der Waals surface area contributed by atoms with Crippen molar-refractivity contribution in [2.24, 2.45) is 16.6 Å². The molecule has 0 aromatic heterocycles. The largest absolute Gasteiger partial charge is 0.416 e. The molecule has 2 aromatic rings. The summed E-state index contributed by atoms with van der Waals surface area (Å²) >= 11 is 0. The second-order valence-electron chi connectivity index (χ2n) is 11.2. The Balaban J connectivity index is 1.72. The molecule has 0 radical (unpaired) electrons. The molecule has 42 heavy (non-hydrogen) atoms. The van der Waals surface area contributed by atoms with E-state index < -0.39 is 26.7 Å². The molecule has 2 N–H and O–H groups in total. The predicted octanol–water partition coefficient (Wildman–Crippen LogP) is 4.98. The monoisotopic (exact) mass is 605 g/mol. The van der Waals surface area contributed by atoms with Gasteiger partial charge >= 0.3 is 6.18 Å². The molecule has 0 aliphatic carbocycles. The summed E-state index contributed by atoms with van der Waals surface area (Å²) in [6.07, 6.45) is -1.27. The van der Waals surface area contributed by atoms with Gasteiger partial charge < -0.3 is 15.5 Å². The number of alkyl halides is 3. The lowest BCUT2D eigenvalue weighted by Gasteiger charge is -2.39. The Morgan fingerprint density at radius 2 is 1.71 bits per heavy atom. The average molecular weight is 606 g/mol. The van der Waals surface area contributed by atoms with Crippen molar-refractivity contribution < 1.29 is 26.4 Å². The van der Waals surface area contributed by atoms with Crippen LogP contribution in [0.1, 0.15) is 44.2 Å². The molecule has 0 saturated carbocycles. The maximum Gasteiger partial charge on any atom is 0.416 e. The Hall–Kier alpha value is -3.22. The van der Waals surface area contributed by atoms with Gasteiger partial charge in [-0.05, 0) is 74.3 Å². The number of hydrogen-bond donors (Lipinski definition) is 1. The third-order valence-electron chi connectivity index (χ3n) is 7.30. The minimum atomic E-state index is -4.75. The highest BCUT2D eigenvalue weighted by molar-refractivity contribution is 7.89. The number of benzene rings is 2. The first kappa shape index (κ1) is 31.7. The van der Waals surface area contributed by atoms with Crippen LogP contribution < -0.4 is 5.73 Å². The molecule has 2 aliphatic heterocycles. The van der Waals surface area contributed by atoms with Crippen LogP contribution in [-0.2, 0) is 21.0 Å². The van der Waals surface area contributed by atoms with Crippen molar-refractivity contribution in [3.05, 3.63) is 53.1 Å². The van der Waals surface area contributed by atoms with Crippen molar-refractivity contribution in [1.82, 2.24) is 14.1 Å². The normalized spacial score (nSPS) is 16.4. The molecule has 12 heteroatoms. The second kappa shape index (κ2) is 12.6. The molecule has 4 rings (SSSR count). The summed E-state index contributed by atoms with van der Waals surface area (Å²) in [5, 5.41) is 0. The number of rotatable bonds is 10. The zero-order valence-electron chi connectivity index (χ0n) is 24.4. The highest BCUT2D eigenvalue weighted by Crippen LogP contribution is 2.38. The van der Waals surface area contributed by atoms with E-state index >= 15 is 0 Å². The minimum Gasteiger partial charge on any atom is -0.387 e. The molecule has 0 unspecified atom stereocenters. The molecule has 1 amide bonds. The average Bonchev–Trinajstić information content (AvgIpc) is 3.06. The molecule has 228 valence electrons. The number of amides is 1. The number of amidine groups is 1. The molecule has 1 saturated heterocycles. The first-order chi connectivity index (χ1) is 19.7. The van der Waals surface area contributed by atoms with Gasteiger partial charge in [0.1, 0.15) is 5.84 Å². The zero-order chi connectivity index (χ0) is 30.8. The number of nitrogens with zero attached hydrogens (tertiary/aromatic N) is 4. The lowest BCUT2D eigenvalue weighted by molar-refractivity contribution is -0.137. The van der Waals surface area contributed by atoms with E-state index in [-0.39, 0.29) is 42.7 Å². The van der Waals surface area contributed by atoms with Crippen LogP contribution in [0.4, 0.5) is 18.9 Å². The number of halogens is 3. The standard InChI is InChI=1S/C30H38F3N5O3S/c1-5-9-37(10-6-2)29(39)24-11-22-8-7-21(14-27(22)35-28(34)15-24)23-12-25(30(31,32)33)16-26(13-23)42(40,41)38-18-20(19-38)17-36(3)4/h7-8,11-14,16,20H,5-6,9-10,15,17-19H2,1-4H3,(H2,34,35). The number of hydrogen-bond acceptors (Lipinski definition) is 6. The lowest BCUT2D eigenvalue weighted by atomic mass is 9.99. The first-order valence-electron chi connectivity index (χ1n) is 14.1. The van der Waals surface area contributed by atoms with Crippen molar-refractivity contribution >= 4 is 33.5 Å². The number of aliphatic imine (C=N–C) groups is 1. The third kappa shape index (κ3) is 7.04. The molecular formula is C30H38F3N5O3S. The lowest BCUT2D eigenvalue weighted by Crippen LogP contribution is -2.52. The molecule has 2 heterocycles. The topological polar surface area (TPSA) is 99.3 Å². The maximum absolute atomic E-state index is 13.9. The summed E-state index contributed by atoms with van der Waals surface area (Å²) in [6.45, 7) is 6.42. The SMILES string of the molecule is CCCN(CCC)C(=O)C1=Cc2ccc(-c3cc(C(F)(F)F)cc(S(=O)(=O)N4CC(CN(C)C)C4)c3)cc2N=C(N)C1. The summed E-state index contributed by atoms with van der Waals surface area (Å²) in [5.74, 6) is 0.199. The summed E-state index contributed by atoms with van der Waals surface area (Å²) in [7, 11) is -0.364. The number of carbonyl (C=O) groups is 1. The Morgan fingerprint density at radius 1 is 1.05 bits per heavy atom. The number of fused-ring (bicyclic) bond motifs is 1. The molecule has 0 atom stereocenters. The summed E-state index contributed by atoms with van der Waals surface area (Å²) < 4.78 is 69.7. The Kier molecular flexibility index (Phi) is 9.49. The quantitative estimate of drug-likeness (QED) is 0.412. The van der Waals surface area contributed by atoms with Crippen LogP contribution in [0.25, 0.3) is 17.2 Å². The Labute approximate surface area is 245 Å². The van der Waals surface area contributed by atoms with Gasteiger partial charge in [0.05, 0.1) is 16.1 Å². The van der Waals surface area contributed by atoms with Crippen LogP contribution in [0.5, 0.6) is 0 Å². The fraction of sp³-hybridized carbons (Fsp3) is 0.467. The van der Waals surface area contributed by atoms with E-state index in [0.717, 1.165) is 18.9 Å². The molecule has 2 aliphatic rings. The second-order valence-corrected chi connectivity index (χ2v) is 13.1. The van der Waals surface area contributed by atoms with Crippen LogP contribution >= 0.6 is 0 Å². The number of carbonyl (C=O) groups excluding carboxylic acids is 1. The van der Waals surface area contributed by atoms with Gasteiger partial charge in [-0.25, -0.2) is 13.4 Å². The summed E-state index contributed by atoms with van der Waals surface area (Å²) in [6, 6.07) is 7.75. The molecule has 0 bridgehead atoms. The van der Waals surface area contributed by atoms with Gasteiger partial charge in [-0.3, -0.25) is 4.79 Å². The summed E-state index contributed by atoms with van der Waals surface area (Å²) in [5.41, 5.74) is 7.04. The van der Waals surface area contributed by atoms with Crippen LogP contribution in [0.15, 0.2) is 51.9 Å². The van der Waals surface area contributed by atoms with Crippen LogP contribution in [-0.4, -0.2) is 81.1 Å². The van der Waals surface area contributed by atoms with Crippen LogP contribution in [0.3, 0.4) is 0 Å². The van der Waals surface area contributed by atoms with Gasteiger partial charge in [0.2, 0.25) is 15.9 Å². The third-order valence-corrected chi connectivity index (χ3v) is 9.11. The van der Waals surface area contributed by atoms with Crippen molar-refractivity contribution in [2.45, 2.75) is 44.2 Å². The van der Waals surface area contributed by atoms with Gasteiger partial charge in [-0.2, -0.15) is 17.5 Å². The van der Waals surface area contributed by atoms with E-state index in [0.29, 0.717) is 48.1 Å². The molecule has 8 nitrogen and oxygen atoms in total. The first-order valence-corrected chi connectivity index (χ1v) is 15.5. The summed E-state index contributed by atoms with van der Waals surface area (Å²) in [4.78, 5) is 21.0. The fourth-order valence-corrected chi connectivity index (χ4v) is 7.01. The van der Waals surface area contributed by atoms with E-state index in [2.05, 4.69) is 4.99 Å². The number of sulfonamides is 1. The van der Waals surface area contributed by atoms with Crippen molar-refractivity contribution in [2.75, 3.05) is 46.8 Å². The van der Waals surface area contributed by atoms with E-state index in [1.807, 2.05) is 32.8 Å². The van der Waals surface area contributed by atoms with Gasteiger partial charge in [0, 0.05) is 50.3 Å². The smallest absolute Gasteiger partial charge is 0.387 e. The molecule has 1 fully saturated rings. The Morgan fingerprint density at radius 3 is 2.31 bits per heavy atom. The van der Waals surface area contributed by atoms with Crippen molar-refractivity contribution in [1.29, 1.82) is 0 Å². The van der Waals surface area contributed by atoms with E-state index in [1.165, 1.54) is 10.4 Å². The Bertz CT molecular complexity index is 1490. The fourth-order valence-electron chi connectivity index (χ4n) is 5.34. The maximum atomic E-state index is 13.9. The van der Waals surface area contributed by atoms with Crippen molar-refractivity contribution in [3.8, 4) is 11.1 Å². The van der Waals surface area contributed by atoms with Crippen molar-refractivity contribution in [3.63, 3.8) is 0 Å². The van der Waals surface area contributed by atoms with Crippen LogP contribution in [0.2, 0.25) is 0 Å². The van der Waals surface area contributed by atoms with E-state index in [9.17, 15) is 26.4 Å². The van der Waals surface area contributed by atoms with E-state index in [1.54, 1.807) is 29.2 Å². The predicted molar refractivity (Wildman–Crippen MR) is 159 cm³/mol. The zero-order valence-corrected chi connectivity index (χ0v) is 25.2. The van der Waals surface area contributed by atoms with E-state index in [4.69, 9.17) is 5.73 Å². The van der Waals surface area contributed by atoms with Gasteiger partial charge in [-0.1, -0.05) is 26.0 Å². The van der Waals surface area contributed by atoms with Gasteiger partial charge in [0.25, 0.3) is 0 Å². The molecular weight excluding hydrogens is 567 g/mol. The minimum absolute atomic E-state index is 0.0897. The molecule has 0 spiro atoms. The van der Waals surface area contributed by atoms with Gasteiger partial charge in [0.15, 0.2) is 0 Å². The molecule has 2 aromatic carbocycles. The number of nitrogens with two attached hydrogens (primary N) is 1. The highest BCUT2D eigenvalue weighted by atomic mass is 32.2.